The van der Waals surface area contributed by atoms with E-state index in [0.29, 0.717) is 25.4 Å². The highest BCUT2D eigenvalue weighted by Gasteiger charge is 2.31. The Labute approximate surface area is 156 Å². The Balaban J connectivity index is 1.54. The molecular weight excluding hydrogens is 346 g/mol. The molecule has 1 atom stereocenters. The van der Waals surface area contributed by atoms with E-state index in [0.717, 1.165) is 29.1 Å². The fraction of sp³-hybridized carbons (Fsp3) is 0.300. The topological polar surface area (TPSA) is 58.4 Å². The molecule has 1 saturated heterocycles. The molecule has 1 unspecified atom stereocenters. The number of piperazine rings is 1. The number of thiophene rings is 1. The highest BCUT2D eigenvalue weighted by Crippen LogP contribution is 2.25. The molecule has 1 amide bonds. The zero-order valence-corrected chi connectivity index (χ0v) is 15.5. The Bertz CT molecular complexity index is 874. The first-order chi connectivity index (χ1) is 12.7. The monoisotopic (exact) mass is 367 g/mol. The second kappa shape index (κ2) is 7.43. The molecule has 3 heterocycles. The molecule has 1 aromatic carbocycles. The van der Waals surface area contributed by atoms with E-state index in [4.69, 9.17) is 4.42 Å². The fourth-order valence-electron chi connectivity index (χ4n) is 3.29. The van der Waals surface area contributed by atoms with E-state index in [1.165, 1.54) is 0 Å². The SMILES string of the molecule is Cc1oc(-c2ccsc2)nc1CN1CCNC(=O)C1Cc1ccccc1. The number of oxazole rings is 1. The molecule has 1 N–H and O–H groups in total. The standard InChI is InChI=1S/C20H21N3O2S/c1-14-17(22-20(25-14)16-7-10-26-13-16)12-23-9-8-21-19(24)18(23)11-15-5-3-2-4-6-15/h2-7,10,13,18H,8-9,11-12H2,1H3,(H,21,24). The molecule has 5 nitrogen and oxygen atoms in total. The van der Waals surface area contributed by atoms with Crippen molar-refractivity contribution >= 4 is 17.2 Å². The smallest absolute Gasteiger partial charge is 0.237 e. The van der Waals surface area contributed by atoms with E-state index in [1.54, 1.807) is 11.3 Å². The molecule has 0 spiro atoms. The molecular formula is C20H21N3O2S. The molecule has 3 aromatic rings. The van der Waals surface area contributed by atoms with Gasteiger partial charge < -0.3 is 9.73 Å². The molecule has 4 rings (SSSR count). The van der Waals surface area contributed by atoms with Crippen LogP contribution in [0.5, 0.6) is 0 Å². The Morgan fingerprint density at radius 2 is 2.15 bits per heavy atom. The van der Waals surface area contributed by atoms with Crippen LogP contribution >= 0.6 is 11.3 Å². The van der Waals surface area contributed by atoms with Gasteiger partial charge in [0.25, 0.3) is 0 Å². The van der Waals surface area contributed by atoms with Crippen molar-refractivity contribution in [2.45, 2.75) is 25.9 Å². The third-order valence-electron chi connectivity index (χ3n) is 4.73. The third-order valence-corrected chi connectivity index (χ3v) is 5.41. The molecule has 6 heteroatoms. The minimum atomic E-state index is -0.188. The molecule has 0 bridgehead atoms. The maximum Gasteiger partial charge on any atom is 0.237 e. The lowest BCUT2D eigenvalue weighted by atomic mass is 10.0. The van der Waals surface area contributed by atoms with Gasteiger partial charge in [-0.3, -0.25) is 9.69 Å². The number of rotatable bonds is 5. The van der Waals surface area contributed by atoms with Gasteiger partial charge in [-0.15, -0.1) is 0 Å². The van der Waals surface area contributed by atoms with Gasteiger partial charge >= 0.3 is 0 Å². The van der Waals surface area contributed by atoms with Crippen LogP contribution in [-0.2, 0) is 17.8 Å². The molecule has 1 aliphatic heterocycles. The van der Waals surface area contributed by atoms with Crippen LogP contribution in [0, 0.1) is 6.92 Å². The molecule has 0 aliphatic carbocycles. The van der Waals surface area contributed by atoms with Crippen molar-refractivity contribution in [1.82, 2.24) is 15.2 Å². The summed E-state index contributed by atoms with van der Waals surface area (Å²) in [6, 6.07) is 12.0. The van der Waals surface area contributed by atoms with Crippen molar-refractivity contribution in [3.05, 3.63) is 64.2 Å². The fourth-order valence-corrected chi connectivity index (χ4v) is 3.92. The number of benzene rings is 1. The number of nitrogens with one attached hydrogen (secondary N) is 1. The van der Waals surface area contributed by atoms with Gasteiger partial charge in [-0.1, -0.05) is 30.3 Å². The van der Waals surface area contributed by atoms with Gasteiger partial charge in [0.15, 0.2) is 0 Å². The lowest BCUT2D eigenvalue weighted by Crippen LogP contribution is -2.55. The maximum absolute atomic E-state index is 12.5. The van der Waals surface area contributed by atoms with Crippen molar-refractivity contribution in [3.8, 4) is 11.5 Å². The van der Waals surface area contributed by atoms with Crippen LogP contribution in [0.2, 0.25) is 0 Å². The molecule has 134 valence electrons. The summed E-state index contributed by atoms with van der Waals surface area (Å²) in [5, 5.41) is 7.03. The first kappa shape index (κ1) is 17.0. The number of carbonyl (C=O) groups is 1. The number of amides is 1. The number of carbonyl (C=O) groups excluding carboxylic acids is 1. The number of nitrogens with zero attached hydrogens (tertiary/aromatic N) is 2. The summed E-state index contributed by atoms with van der Waals surface area (Å²) in [5.41, 5.74) is 3.07. The summed E-state index contributed by atoms with van der Waals surface area (Å²) in [5.74, 6) is 1.55. The van der Waals surface area contributed by atoms with Crippen LogP contribution in [0.3, 0.4) is 0 Å². The van der Waals surface area contributed by atoms with Gasteiger partial charge in [-0.2, -0.15) is 11.3 Å². The van der Waals surface area contributed by atoms with Crippen LogP contribution in [0.1, 0.15) is 17.0 Å². The Kier molecular flexibility index (Phi) is 4.86. The van der Waals surface area contributed by atoms with Crippen LogP contribution in [0.15, 0.2) is 51.6 Å². The van der Waals surface area contributed by atoms with E-state index in [-0.39, 0.29) is 11.9 Å². The van der Waals surface area contributed by atoms with Crippen LogP contribution in [-0.4, -0.2) is 34.9 Å². The van der Waals surface area contributed by atoms with E-state index >= 15 is 0 Å². The summed E-state index contributed by atoms with van der Waals surface area (Å²) in [7, 11) is 0. The zero-order valence-electron chi connectivity index (χ0n) is 14.6. The van der Waals surface area contributed by atoms with Gasteiger partial charge in [-0.05, 0) is 30.4 Å². The van der Waals surface area contributed by atoms with Crippen molar-refractivity contribution in [2.75, 3.05) is 13.1 Å². The quantitative estimate of drug-likeness (QED) is 0.752. The summed E-state index contributed by atoms with van der Waals surface area (Å²) in [6.07, 6.45) is 0.695. The van der Waals surface area contributed by atoms with Gasteiger partial charge in [-0.25, -0.2) is 4.98 Å². The van der Waals surface area contributed by atoms with Crippen molar-refractivity contribution < 1.29 is 9.21 Å². The summed E-state index contributed by atoms with van der Waals surface area (Å²) in [4.78, 5) is 19.4. The zero-order chi connectivity index (χ0) is 17.9. The third kappa shape index (κ3) is 3.57. The van der Waals surface area contributed by atoms with E-state index in [2.05, 4.69) is 27.3 Å². The van der Waals surface area contributed by atoms with Gasteiger partial charge in [0, 0.05) is 30.6 Å². The Hall–Kier alpha value is -2.44. The molecule has 2 aromatic heterocycles. The summed E-state index contributed by atoms with van der Waals surface area (Å²) >= 11 is 1.62. The van der Waals surface area contributed by atoms with E-state index in [1.807, 2.05) is 41.9 Å². The summed E-state index contributed by atoms with van der Waals surface area (Å²) in [6.45, 7) is 4.03. The van der Waals surface area contributed by atoms with Crippen molar-refractivity contribution in [1.29, 1.82) is 0 Å². The minimum Gasteiger partial charge on any atom is -0.441 e. The van der Waals surface area contributed by atoms with E-state index in [9.17, 15) is 4.79 Å². The van der Waals surface area contributed by atoms with Crippen LogP contribution in [0.25, 0.3) is 11.5 Å². The Morgan fingerprint density at radius 1 is 1.31 bits per heavy atom. The van der Waals surface area contributed by atoms with Crippen molar-refractivity contribution in [2.24, 2.45) is 0 Å². The van der Waals surface area contributed by atoms with Gasteiger partial charge in [0.2, 0.25) is 11.8 Å². The highest BCUT2D eigenvalue weighted by atomic mass is 32.1. The second-order valence-corrected chi connectivity index (χ2v) is 7.28. The molecule has 0 saturated carbocycles. The van der Waals surface area contributed by atoms with Gasteiger partial charge in [0.1, 0.15) is 5.76 Å². The van der Waals surface area contributed by atoms with Crippen LogP contribution < -0.4 is 5.32 Å². The van der Waals surface area contributed by atoms with Crippen molar-refractivity contribution in [3.63, 3.8) is 0 Å². The van der Waals surface area contributed by atoms with Gasteiger partial charge in [0.05, 0.1) is 11.7 Å². The lowest BCUT2D eigenvalue weighted by molar-refractivity contribution is -0.129. The highest BCUT2D eigenvalue weighted by molar-refractivity contribution is 7.08. The predicted molar refractivity (Wildman–Crippen MR) is 102 cm³/mol. The largest absolute Gasteiger partial charge is 0.441 e. The molecule has 1 fully saturated rings. The normalized spacial score (nSPS) is 18.0. The van der Waals surface area contributed by atoms with Crippen LogP contribution in [0.4, 0.5) is 0 Å². The average molecular weight is 367 g/mol. The molecule has 26 heavy (non-hydrogen) atoms. The summed E-state index contributed by atoms with van der Waals surface area (Å²) < 4.78 is 5.85. The second-order valence-electron chi connectivity index (χ2n) is 6.50. The lowest BCUT2D eigenvalue weighted by Gasteiger charge is -2.34. The number of aromatic nitrogens is 1. The van der Waals surface area contributed by atoms with E-state index < -0.39 is 0 Å². The maximum atomic E-state index is 12.5. The molecule has 1 aliphatic rings. The molecule has 0 radical (unpaired) electrons. The minimum absolute atomic E-state index is 0.0827. The average Bonchev–Trinajstić information content (AvgIpc) is 3.29. The number of aryl methyl sites for hydroxylation is 1. The first-order valence-corrected chi connectivity index (χ1v) is 9.69. The Morgan fingerprint density at radius 3 is 2.92 bits per heavy atom. The predicted octanol–water partition coefficient (Wildman–Crippen LogP) is 3.25. The first-order valence-electron chi connectivity index (χ1n) is 8.75. The number of hydrogen-bond donors (Lipinski definition) is 1. The number of hydrogen-bond acceptors (Lipinski definition) is 5.